The van der Waals surface area contributed by atoms with Crippen molar-refractivity contribution < 1.29 is 5.11 Å². The first kappa shape index (κ1) is 10.7. The van der Waals surface area contributed by atoms with Crippen LogP contribution in [-0.2, 0) is 0 Å². The zero-order chi connectivity index (χ0) is 10.7. The number of aliphatic hydroxyl groups excluding tert-OH is 1. The third-order valence-electron chi connectivity index (χ3n) is 3.30. The van der Waals surface area contributed by atoms with Gasteiger partial charge in [-0.3, -0.25) is 4.90 Å². The molecular weight excluding hydrogens is 186 g/mol. The minimum Gasteiger partial charge on any atom is -0.395 e. The molecule has 0 saturated carbocycles. The van der Waals surface area contributed by atoms with Gasteiger partial charge in [-0.1, -0.05) is 24.3 Å². The van der Waals surface area contributed by atoms with Crippen molar-refractivity contribution >= 4 is 0 Å². The molecule has 1 aromatic rings. The number of rotatable bonds is 3. The molecule has 2 nitrogen and oxygen atoms in total. The number of aryl methyl sites for hydroxylation is 1. The van der Waals surface area contributed by atoms with Crippen molar-refractivity contribution in [3.63, 3.8) is 0 Å². The molecule has 82 valence electrons. The number of likely N-dealkylation sites (tertiary alicyclic amines) is 1. The summed E-state index contributed by atoms with van der Waals surface area (Å²) >= 11 is 0. The molecule has 2 heteroatoms. The second-order valence-electron chi connectivity index (χ2n) is 4.27. The van der Waals surface area contributed by atoms with Crippen molar-refractivity contribution in [2.24, 2.45) is 0 Å². The van der Waals surface area contributed by atoms with Gasteiger partial charge in [0.2, 0.25) is 0 Å². The van der Waals surface area contributed by atoms with E-state index in [1.165, 1.54) is 24.0 Å². The Bertz CT molecular complexity index is 324. The topological polar surface area (TPSA) is 23.5 Å². The predicted molar refractivity (Wildman–Crippen MR) is 61.8 cm³/mol. The van der Waals surface area contributed by atoms with Gasteiger partial charge in [0.05, 0.1) is 6.61 Å². The van der Waals surface area contributed by atoms with Crippen molar-refractivity contribution in [1.29, 1.82) is 0 Å². The van der Waals surface area contributed by atoms with Gasteiger partial charge in [-0.2, -0.15) is 0 Å². The van der Waals surface area contributed by atoms with Gasteiger partial charge in [0, 0.05) is 12.6 Å². The van der Waals surface area contributed by atoms with Crippen LogP contribution in [-0.4, -0.2) is 29.7 Å². The molecule has 2 rings (SSSR count). The Morgan fingerprint density at radius 3 is 2.93 bits per heavy atom. The van der Waals surface area contributed by atoms with Crippen LogP contribution < -0.4 is 0 Å². The number of benzene rings is 1. The van der Waals surface area contributed by atoms with Crippen molar-refractivity contribution in [3.8, 4) is 0 Å². The molecule has 0 aromatic heterocycles. The molecular formula is C13H19NO. The maximum atomic E-state index is 9.02. The van der Waals surface area contributed by atoms with E-state index in [-0.39, 0.29) is 6.61 Å². The van der Waals surface area contributed by atoms with Gasteiger partial charge in [0.25, 0.3) is 0 Å². The van der Waals surface area contributed by atoms with Crippen LogP contribution in [0.15, 0.2) is 24.3 Å². The third kappa shape index (κ3) is 2.21. The molecule has 1 saturated heterocycles. The maximum absolute atomic E-state index is 9.02. The van der Waals surface area contributed by atoms with Crippen LogP contribution in [0.3, 0.4) is 0 Å². The molecule has 1 aromatic carbocycles. The Hall–Kier alpha value is -0.860. The summed E-state index contributed by atoms with van der Waals surface area (Å²) in [6, 6.07) is 9.11. The largest absolute Gasteiger partial charge is 0.395 e. The number of hydrogen-bond donors (Lipinski definition) is 1. The Morgan fingerprint density at radius 2 is 2.20 bits per heavy atom. The normalized spacial score (nSPS) is 22.1. The van der Waals surface area contributed by atoms with E-state index in [0.717, 1.165) is 13.1 Å². The monoisotopic (exact) mass is 205 g/mol. The van der Waals surface area contributed by atoms with E-state index in [1.807, 2.05) is 0 Å². The van der Waals surface area contributed by atoms with Crippen LogP contribution in [0, 0.1) is 6.92 Å². The van der Waals surface area contributed by atoms with Gasteiger partial charge in [-0.05, 0) is 37.4 Å². The van der Waals surface area contributed by atoms with Crippen molar-refractivity contribution in [3.05, 3.63) is 35.4 Å². The van der Waals surface area contributed by atoms with Gasteiger partial charge in [-0.15, -0.1) is 0 Å². The highest BCUT2D eigenvalue weighted by atomic mass is 16.3. The van der Waals surface area contributed by atoms with E-state index in [2.05, 4.69) is 36.1 Å². The fraction of sp³-hybridized carbons (Fsp3) is 0.538. The van der Waals surface area contributed by atoms with Crippen LogP contribution in [0.25, 0.3) is 0 Å². The molecule has 1 unspecified atom stereocenters. The molecule has 0 amide bonds. The second-order valence-corrected chi connectivity index (χ2v) is 4.27. The SMILES string of the molecule is Cc1ccccc1C1CCCN1CCO. The highest BCUT2D eigenvalue weighted by Crippen LogP contribution is 2.32. The Morgan fingerprint density at radius 1 is 1.40 bits per heavy atom. The van der Waals surface area contributed by atoms with E-state index >= 15 is 0 Å². The minimum absolute atomic E-state index is 0.266. The number of nitrogens with zero attached hydrogens (tertiary/aromatic N) is 1. The van der Waals surface area contributed by atoms with Gasteiger partial charge in [0.1, 0.15) is 0 Å². The highest BCUT2D eigenvalue weighted by molar-refractivity contribution is 5.29. The molecule has 0 bridgehead atoms. The second kappa shape index (κ2) is 4.77. The molecule has 1 N–H and O–H groups in total. The Kier molecular flexibility index (Phi) is 3.39. The molecule has 0 radical (unpaired) electrons. The first-order valence-corrected chi connectivity index (χ1v) is 5.73. The molecule has 15 heavy (non-hydrogen) atoms. The Balaban J connectivity index is 2.19. The van der Waals surface area contributed by atoms with E-state index in [1.54, 1.807) is 0 Å². The van der Waals surface area contributed by atoms with Gasteiger partial charge >= 0.3 is 0 Å². The smallest absolute Gasteiger partial charge is 0.0558 e. The molecule has 1 heterocycles. The summed E-state index contributed by atoms with van der Waals surface area (Å²) in [5.74, 6) is 0. The van der Waals surface area contributed by atoms with Crippen molar-refractivity contribution in [2.45, 2.75) is 25.8 Å². The lowest BCUT2D eigenvalue weighted by Crippen LogP contribution is -2.26. The van der Waals surface area contributed by atoms with Crippen LogP contribution >= 0.6 is 0 Å². The summed E-state index contributed by atoms with van der Waals surface area (Å²) in [4.78, 5) is 2.39. The summed E-state index contributed by atoms with van der Waals surface area (Å²) in [5.41, 5.74) is 2.80. The average Bonchev–Trinajstić information content (AvgIpc) is 2.67. The lowest BCUT2D eigenvalue weighted by atomic mass is 9.99. The molecule has 1 fully saturated rings. The summed E-state index contributed by atoms with van der Waals surface area (Å²) < 4.78 is 0. The fourth-order valence-electron chi connectivity index (χ4n) is 2.54. The predicted octanol–water partition coefficient (Wildman–Crippen LogP) is 2.12. The van der Waals surface area contributed by atoms with E-state index in [4.69, 9.17) is 5.11 Å². The average molecular weight is 205 g/mol. The van der Waals surface area contributed by atoms with Crippen LogP contribution in [0.2, 0.25) is 0 Å². The zero-order valence-electron chi connectivity index (χ0n) is 9.32. The summed E-state index contributed by atoms with van der Waals surface area (Å²) in [6.07, 6.45) is 2.48. The standard InChI is InChI=1S/C13H19NO/c1-11-5-2-3-6-12(11)13-7-4-8-14(13)9-10-15/h2-3,5-6,13,15H,4,7-10H2,1H3. The maximum Gasteiger partial charge on any atom is 0.0558 e. The summed E-state index contributed by atoms with van der Waals surface area (Å²) in [5, 5.41) is 9.02. The van der Waals surface area contributed by atoms with Gasteiger partial charge in [-0.25, -0.2) is 0 Å². The van der Waals surface area contributed by atoms with Crippen molar-refractivity contribution in [1.82, 2.24) is 4.90 Å². The third-order valence-corrected chi connectivity index (χ3v) is 3.30. The number of β-amino-alcohol motifs (C(OH)–C–C–N with tert-alkyl or cyclic N) is 1. The number of aliphatic hydroxyl groups is 1. The zero-order valence-corrected chi connectivity index (χ0v) is 9.32. The van der Waals surface area contributed by atoms with Crippen LogP contribution in [0.1, 0.15) is 30.0 Å². The molecule has 1 atom stereocenters. The van der Waals surface area contributed by atoms with E-state index in [0.29, 0.717) is 6.04 Å². The lowest BCUT2D eigenvalue weighted by Gasteiger charge is -2.25. The minimum atomic E-state index is 0.266. The molecule has 1 aliphatic heterocycles. The van der Waals surface area contributed by atoms with Crippen LogP contribution in [0.5, 0.6) is 0 Å². The quantitative estimate of drug-likeness (QED) is 0.817. The van der Waals surface area contributed by atoms with Crippen LogP contribution in [0.4, 0.5) is 0 Å². The van der Waals surface area contributed by atoms with Gasteiger partial charge in [0.15, 0.2) is 0 Å². The lowest BCUT2D eigenvalue weighted by molar-refractivity contribution is 0.185. The molecule has 0 spiro atoms. The van der Waals surface area contributed by atoms with Crippen molar-refractivity contribution in [2.75, 3.05) is 19.7 Å². The fourth-order valence-corrected chi connectivity index (χ4v) is 2.54. The van der Waals surface area contributed by atoms with Gasteiger partial charge < -0.3 is 5.11 Å². The first-order chi connectivity index (χ1) is 7.33. The van der Waals surface area contributed by atoms with E-state index in [9.17, 15) is 0 Å². The summed E-state index contributed by atoms with van der Waals surface area (Å²) in [6.45, 7) is 4.37. The summed E-state index contributed by atoms with van der Waals surface area (Å²) in [7, 11) is 0. The molecule has 0 aliphatic carbocycles. The highest BCUT2D eigenvalue weighted by Gasteiger charge is 2.25. The first-order valence-electron chi connectivity index (χ1n) is 5.73. The number of hydrogen-bond acceptors (Lipinski definition) is 2. The Labute approximate surface area is 91.5 Å². The molecule has 1 aliphatic rings. The van der Waals surface area contributed by atoms with E-state index < -0.39 is 0 Å².